The molecule has 2 saturated heterocycles. The molecule has 9 heteroatoms. The molecule has 2 aromatic rings. The highest BCUT2D eigenvalue weighted by Crippen LogP contribution is 2.28. The van der Waals surface area contributed by atoms with E-state index in [1.54, 1.807) is 18.2 Å². The molecule has 2 aliphatic heterocycles. The van der Waals surface area contributed by atoms with Crippen molar-refractivity contribution in [1.82, 2.24) is 19.7 Å². The number of ether oxygens (including phenoxy) is 1. The Kier molecular flexibility index (Phi) is 6.99. The van der Waals surface area contributed by atoms with Gasteiger partial charge in [0, 0.05) is 26.7 Å². The Labute approximate surface area is 181 Å². The fourth-order valence-corrected chi connectivity index (χ4v) is 4.83. The third-order valence-electron chi connectivity index (χ3n) is 5.90. The van der Waals surface area contributed by atoms with E-state index in [1.807, 2.05) is 12.1 Å². The van der Waals surface area contributed by atoms with Crippen molar-refractivity contribution in [2.24, 2.45) is 5.92 Å². The number of carbonyl (C=O) groups excluding carboxylic acids is 1. The Morgan fingerprint density at radius 3 is 2.83 bits per heavy atom. The molecule has 0 aliphatic carbocycles. The third-order valence-corrected chi connectivity index (χ3v) is 6.85. The first-order chi connectivity index (χ1) is 14.6. The lowest BCUT2D eigenvalue weighted by Gasteiger charge is -2.31. The van der Waals surface area contributed by atoms with Gasteiger partial charge in [-0.15, -0.1) is 10.2 Å². The van der Waals surface area contributed by atoms with Gasteiger partial charge in [0.15, 0.2) is 5.16 Å². The second-order valence-electron chi connectivity index (χ2n) is 8.32. The largest absolute Gasteiger partial charge is 0.467 e. The zero-order chi connectivity index (χ0) is 20.9. The Hall–Kier alpha value is -2.00. The van der Waals surface area contributed by atoms with Crippen LogP contribution in [0, 0.1) is 5.92 Å². The zero-order valence-corrected chi connectivity index (χ0v) is 18.6. The number of amides is 1. The highest BCUT2D eigenvalue weighted by atomic mass is 32.2. The number of carbonyl (C=O) groups is 1. The second-order valence-corrected chi connectivity index (χ2v) is 9.26. The van der Waals surface area contributed by atoms with Crippen molar-refractivity contribution in [3.05, 3.63) is 24.2 Å². The predicted octanol–water partition coefficient (Wildman–Crippen LogP) is 3.04. The molecule has 8 nitrogen and oxygen atoms in total. The zero-order valence-electron chi connectivity index (χ0n) is 17.8. The number of rotatable bonds is 8. The molecule has 4 heterocycles. The van der Waals surface area contributed by atoms with Crippen molar-refractivity contribution in [3.63, 3.8) is 0 Å². The van der Waals surface area contributed by atoms with Crippen molar-refractivity contribution in [2.75, 3.05) is 37.4 Å². The molecule has 0 spiro atoms. The molecule has 30 heavy (non-hydrogen) atoms. The van der Waals surface area contributed by atoms with Crippen LogP contribution in [0.15, 0.2) is 28.0 Å². The maximum absolute atomic E-state index is 12.6. The summed E-state index contributed by atoms with van der Waals surface area (Å²) in [6, 6.07) is 3.71. The summed E-state index contributed by atoms with van der Waals surface area (Å²) in [5.41, 5.74) is 0. The van der Waals surface area contributed by atoms with Crippen molar-refractivity contribution in [2.45, 2.75) is 57.0 Å². The fraction of sp³-hybridized carbons (Fsp3) is 0.667. The smallest absolute Gasteiger partial charge is 0.233 e. The average Bonchev–Trinajstić information content (AvgIpc) is 3.50. The molecule has 0 radical (unpaired) electrons. The highest BCUT2D eigenvalue weighted by molar-refractivity contribution is 7.99. The first-order valence-corrected chi connectivity index (χ1v) is 11.8. The van der Waals surface area contributed by atoms with Crippen molar-refractivity contribution >= 4 is 23.6 Å². The van der Waals surface area contributed by atoms with Gasteiger partial charge in [0.05, 0.1) is 31.2 Å². The highest BCUT2D eigenvalue weighted by Gasteiger charge is 2.26. The van der Waals surface area contributed by atoms with Crippen LogP contribution < -0.4 is 4.90 Å². The summed E-state index contributed by atoms with van der Waals surface area (Å²) in [4.78, 5) is 16.6. The van der Waals surface area contributed by atoms with E-state index < -0.39 is 0 Å². The Balaban J connectivity index is 1.42. The summed E-state index contributed by atoms with van der Waals surface area (Å²) < 4.78 is 13.4. The van der Waals surface area contributed by atoms with Gasteiger partial charge in [0.25, 0.3) is 0 Å². The van der Waals surface area contributed by atoms with Crippen LogP contribution in [0.1, 0.15) is 38.4 Å². The van der Waals surface area contributed by atoms with Crippen LogP contribution in [-0.4, -0.2) is 64.2 Å². The van der Waals surface area contributed by atoms with Gasteiger partial charge in [-0.25, -0.2) is 0 Å². The third kappa shape index (κ3) is 5.18. The van der Waals surface area contributed by atoms with Crippen LogP contribution >= 0.6 is 11.8 Å². The molecule has 0 N–H and O–H groups in total. The molecule has 0 aromatic carbocycles. The molecular formula is C21H31N5O3S. The van der Waals surface area contributed by atoms with Crippen LogP contribution in [0.3, 0.4) is 0 Å². The SMILES string of the molecule is CC1CCN(c2nnc(SCC(=O)N(C)Cc3ccco3)n2CC2CCCO2)CC1. The minimum absolute atomic E-state index is 0.0383. The molecule has 164 valence electrons. The van der Waals surface area contributed by atoms with Gasteiger partial charge in [-0.05, 0) is 43.7 Å². The van der Waals surface area contributed by atoms with Gasteiger partial charge in [0.2, 0.25) is 11.9 Å². The van der Waals surface area contributed by atoms with E-state index in [0.717, 1.165) is 61.9 Å². The van der Waals surface area contributed by atoms with E-state index >= 15 is 0 Å². The van der Waals surface area contributed by atoms with Crippen LogP contribution in [0.2, 0.25) is 0 Å². The minimum Gasteiger partial charge on any atom is -0.467 e. The molecular weight excluding hydrogens is 402 g/mol. The minimum atomic E-state index is 0.0383. The molecule has 4 rings (SSSR count). The van der Waals surface area contributed by atoms with Crippen LogP contribution in [0.5, 0.6) is 0 Å². The molecule has 2 aliphatic rings. The summed E-state index contributed by atoms with van der Waals surface area (Å²) in [5.74, 6) is 2.80. The number of anilines is 1. The van der Waals surface area contributed by atoms with Gasteiger partial charge >= 0.3 is 0 Å². The molecule has 2 aromatic heterocycles. The fourth-order valence-electron chi connectivity index (χ4n) is 3.94. The number of nitrogens with zero attached hydrogens (tertiary/aromatic N) is 5. The Bertz CT molecular complexity index is 811. The quantitative estimate of drug-likeness (QED) is 0.592. The van der Waals surface area contributed by atoms with E-state index in [9.17, 15) is 4.79 Å². The van der Waals surface area contributed by atoms with E-state index in [1.165, 1.54) is 24.6 Å². The first kappa shape index (κ1) is 21.2. The molecule has 1 atom stereocenters. The maximum Gasteiger partial charge on any atom is 0.233 e. The molecule has 1 amide bonds. The van der Waals surface area contributed by atoms with E-state index in [2.05, 4.69) is 26.6 Å². The standard InChI is InChI=1S/C21H31N5O3S/c1-16-7-9-25(10-8-16)20-22-23-21(26(20)14-18-6-4-12-29-18)30-15-19(27)24(2)13-17-5-3-11-28-17/h3,5,11,16,18H,4,6-10,12-15H2,1-2H3. The van der Waals surface area contributed by atoms with Gasteiger partial charge < -0.3 is 19.0 Å². The molecule has 0 bridgehead atoms. The van der Waals surface area contributed by atoms with E-state index in [0.29, 0.717) is 12.3 Å². The van der Waals surface area contributed by atoms with E-state index in [4.69, 9.17) is 9.15 Å². The Morgan fingerprint density at radius 2 is 2.13 bits per heavy atom. The van der Waals surface area contributed by atoms with Gasteiger partial charge in [-0.2, -0.15) is 0 Å². The maximum atomic E-state index is 12.6. The molecule has 1 unspecified atom stereocenters. The second kappa shape index (κ2) is 9.87. The number of piperidine rings is 1. The summed E-state index contributed by atoms with van der Waals surface area (Å²) in [6.45, 7) is 6.34. The van der Waals surface area contributed by atoms with Crippen molar-refractivity contribution in [1.29, 1.82) is 0 Å². The van der Waals surface area contributed by atoms with Gasteiger partial charge in [-0.3, -0.25) is 9.36 Å². The lowest BCUT2D eigenvalue weighted by atomic mass is 10.00. The van der Waals surface area contributed by atoms with Gasteiger partial charge in [-0.1, -0.05) is 18.7 Å². The average molecular weight is 434 g/mol. The summed E-state index contributed by atoms with van der Waals surface area (Å²) in [7, 11) is 1.79. The number of hydrogen-bond acceptors (Lipinski definition) is 7. The normalized spacial score (nSPS) is 20.1. The molecule has 2 fully saturated rings. The summed E-state index contributed by atoms with van der Waals surface area (Å²) in [6.07, 6.45) is 6.32. The number of hydrogen-bond donors (Lipinski definition) is 0. The predicted molar refractivity (Wildman–Crippen MR) is 116 cm³/mol. The van der Waals surface area contributed by atoms with Crippen LogP contribution in [0.4, 0.5) is 5.95 Å². The number of furan rings is 1. The summed E-state index contributed by atoms with van der Waals surface area (Å²) >= 11 is 1.45. The number of aromatic nitrogens is 3. The molecule has 0 saturated carbocycles. The number of thioether (sulfide) groups is 1. The van der Waals surface area contributed by atoms with E-state index in [-0.39, 0.29) is 12.0 Å². The summed E-state index contributed by atoms with van der Waals surface area (Å²) in [5, 5.41) is 9.75. The van der Waals surface area contributed by atoms with Crippen LogP contribution in [0.25, 0.3) is 0 Å². The van der Waals surface area contributed by atoms with Crippen molar-refractivity contribution in [3.8, 4) is 0 Å². The lowest BCUT2D eigenvalue weighted by molar-refractivity contribution is -0.127. The first-order valence-electron chi connectivity index (χ1n) is 10.8. The monoisotopic (exact) mass is 433 g/mol. The Morgan fingerprint density at radius 1 is 1.30 bits per heavy atom. The van der Waals surface area contributed by atoms with Crippen molar-refractivity contribution < 1.29 is 13.9 Å². The lowest BCUT2D eigenvalue weighted by Crippen LogP contribution is -2.35. The van der Waals surface area contributed by atoms with Gasteiger partial charge in [0.1, 0.15) is 5.76 Å². The topological polar surface area (TPSA) is 76.6 Å². The van der Waals surface area contributed by atoms with Crippen LogP contribution in [-0.2, 0) is 22.6 Å².